The largest absolute Gasteiger partial charge is 0.0823 e. The van der Waals surface area contributed by atoms with Crippen LogP contribution in [0.3, 0.4) is 0 Å². The molecule has 8 rings (SSSR count). The highest BCUT2D eigenvalue weighted by atomic mass is 35.5. The SMILES string of the molecule is Clc1c(Cl)c(Cl)c2c(c1Cl)C1c3cc4ccccc4cc3C2c2cc3ccccc3cc21. The van der Waals surface area contributed by atoms with Crippen LogP contribution in [0, 0.1) is 0 Å². The minimum atomic E-state index is -0.0472. The molecular weight excluding hydrogens is 478 g/mol. The highest BCUT2D eigenvalue weighted by Crippen LogP contribution is 2.62. The van der Waals surface area contributed by atoms with Gasteiger partial charge in [-0.05, 0) is 79.2 Å². The van der Waals surface area contributed by atoms with Crippen LogP contribution >= 0.6 is 46.4 Å². The molecule has 0 N–H and O–H groups in total. The van der Waals surface area contributed by atoms with E-state index in [4.69, 9.17) is 46.4 Å². The molecule has 154 valence electrons. The van der Waals surface area contributed by atoms with E-state index in [-0.39, 0.29) is 11.8 Å². The first-order valence-corrected chi connectivity index (χ1v) is 12.0. The molecule has 0 aliphatic heterocycles. The Morgan fingerprint density at radius 1 is 0.406 bits per heavy atom. The Morgan fingerprint density at radius 3 is 0.969 bits per heavy atom. The number of fused-ring (bicyclic) bond motifs is 2. The second-order valence-electron chi connectivity index (χ2n) is 8.61. The quantitative estimate of drug-likeness (QED) is 0.146. The van der Waals surface area contributed by atoms with Crippen molar-refractivity contribution < 1.29 is 0 Å². The van der Waals surface area contributed by atoms with Crippen LogP contribution in [0.25, 0.3) is 21.5 Å². The van der Waals surface area contributed by atoms with Gasteiger partial charge in [-0.1, -0.05) is 94.9 Å². The third-order valence-electron chi connectivity index (χ3n) is 7.07. The molecule has 5 aromatic rings. The van der Waals surface area contributed by atoms with Crippen molar-refractivity contribution in [3.05, 3.63) is 126 Å². The molecule has 0 saturated carbocycles. The van der Waals surface area contributed by atoms with Crippen LogP contribution in [0.5, 0.6) is 0 Å². The topological polar surface area (TPSA) is 0 Å². The highest BCUT2D eigenvalue weighted by Gasteiger charge is 2.45. The summed E-state index contributed by atoms with van der Waals surface area (Å²) in [6.45, 7) is 0. The van der Waals surface area contributed by atoms with E-state index in [9.17, 15) is 0 Å². The normalized spacial score (nSPS) is 18.0. The number of rotatable bonds is 0. The molecule has 0 nitrogen and oxygen atoms in total. The first-order valence-electron chi connectivity index (χ1n) is 10.5. The lowest BCUT2D eigenvalue weighted by Crippen LogP contribution is -2.28. The number of hydrogen-bond donors (Lipinski definition) is 0. The van der Waals surface area contributed by atoms with Crippen LogP contribution in [0.2, 0.25) is 20.1 Å². The Morgan fingerprint density at radius 2 is 0.688 bits per heavy atom. The van der Waals surface area contributed by atoms with Crippen molar-refractivity contribution in [2.75, 3.05) is 0 Å². The van der Waals surface area contributed by atoms with Crippen LogP contribution in [-0.2, 0) is 0 Å². The zero-order valence-electron chi connectivity index (χ0n) is 16.6. The molecule has 5 aromatic carbocycles. The van der Waals surface area contributed by atoms with E-state index in [0.29, 0.717) is 20.1 Å². The summed E-state index contributed by atoms with van der Waals surface area (Å²) in [7, 11) is 0. The zero-order chi connectivity index (χ0) is 21.7. The molecule has 0 radical (unpaired) electrons. The van der Waals surface area contributed by atoms with Gasteiger partial charge in [0.2, 0.25) is 0 Å². The minimum absolute atomic E-state index is 0.0472. The molecule has 3 aliphatic rings. The van der Waals surface area contributed by atoms with Gasteiger partial charge in [-0.15, -0.1) is 0 Å². The smallest absolute Gasteiger partial charge is 0.0797 e. The molecule has 0 atom stereocenters. The van der Waals surface area contributed by atoms with Crippen LogP contribution in [-0.4, -0.2) is 0 Å². The Balaban J connectivity index is 1.67. The van der Waals surface area contributed by atoms with E-state index in [2.05, 4.69) is 72.8 Å². The maximum atomic E-state index is 6.88. The van der Waals surface area contributed by atoms with E-state index in [1.807, 2.05) is 0 Å². The van der Waals surface area contributed by atoms with Crippen molar-refractivity contribution in [1.29, 1.82) is 0 Å². The monoisotopic (exact) mass is 490 g/mol. The van der Waals surface area contributed by atoms with Crippen molar-refractivity contribution in [3.8, 4) is 0 Å². The van der Waals surface area contributed by atoms with Gasteiger partial charge in [-0.25, -0.2) is 0 Å². The molecule has 0 aromatic heterocycles. The van der Waals surface area contributed by atoms with E-state index in [1.54, 1.807) is 0 Å². The standard InChI is InChI=1S/C28H14Cl4/c29-25-23-21-17-9-13-5-1-2-6-14(13)10-18(17)22(24(23)26(30)28(32)27(25)31)20-12-16-8-4-3-7-15(16)11-19(20)21/h1-12,21-22H. The van der Waals surface area contributed by atoms with Crippen molar-refractivity contribution in [2.24, 2.45) is 0 Å². The first-order chi connectivity index (χ1) is 15.5. The van der Waals surface area contributed by atoms with Crippen molar-refractivity contribution in [3.63, 3.8) is 0 Å². The summed E-state index contributed by atoms with van der Waals surface area (Å²) in [4.78, 5) is 0. The second kappa shape index (κ2) is 6.65. The van der Waals surface area contributed by atoms with Gasteiger partial charge in [0, 0.05) is 11.8 Å². The molecule has 0 amide bonds. The molecule has 32 heavy (non-hydrogen) atoms. The summed E-state index contributed by atoms with van der Waals surface area (Å²) in [6, 6.07) is 26.1. The first kappa shape index (κ1) is 19.3. The van der Waals surface area contributed by atoms with Crippen molar-refractivity contribution in [1.82, 2.24) is 0 Å². The summed E-state index contributed by atoms with van der Waals surface area (Å²) < 4.78 is 0. The van der Waals surface area contributed by atoms with Gasteiger partial charge in [0.1, 0.15) is 0 Å². The van der Waals surface area contributed by atoms with Gasteiger partial charge >= 0.3 is 0 Å². The maximum absolute atomic E-state index is 6.88. The molecule has 3 aliphatic carbocycles. The molecule has 0 saturated heterocycles. The average Bonchev–Trinajstić information content (AvgIpc) is 2.83. The molecule has 0 unspecified atom stereocenters. The zero-order valence-corrected chi connectivity index (χ0v) is 19.6. The Kier molecular flexibility index (Phi) is 4.01. The minimum Gasteiger partial charge on any atom is -0.0823 e. The lowest BCUT2D eigenvalue weighted by molar-refractivity contribution is 0.759. The van der Waals surface area contributed by atoms with Crippen LogP contribution in [0.15, 0.2) is 72.8 Å². The fourth-order valence-corrected chi connectivity index (χ4v) is 6.84. The molecule has 2 bridgehead atoms. The summed E-state index contributed by atoms with van der Waals surface area (Å²) in [5.74, 6) is -0.0945. The molecule has 0 spiro atoms. The van der Waals surface area contributed by atoms with Crippen LogP contribution < -0.4 is 0 Å². The van der Waals surface area contributed by atoms with Crippen LogP contribution in [0.4, 0.5) is 0 Å². The Labute approximate surface area is 205 Å². The maximum Gasteiger partial charge on any atom is 0.0797 e. The summed E-state index contributed by atoms with van der Waals surface area (Å²) in [5, 5.41) is 6.51. The predicted octanol–water partition coefficient (Wildman–Crippen LogP) is 9.59. The van der Waals surface area contributed by atoms with Gasteiger partial charge < -0.3 is 0 Å². The van der Waals surface area contributed by atoms with Crippen molar-refractivity contribution in [2.45, 2.75) is 11.8 Å². The lowest BCUT2D eigenvalue weighted by Gasteiger charge is -2.43. The molecule has 0 fully saturated rings. The van der Waals surface area contributed by atoms with E-state index in [0.717, 1.165) is 11.1 Å². The third kappa shape index (κ3) is 2.37. The number of hydrogen-bond acceptors (Lipinski definition) is 0. The van der Waals surface area contributed by atoms with Gasteiger partial charge in [-0.2, -0.15) is 0 Å². The van der Waals surface area contributed by atoms with Gasteiger partial charge in [0.15, 0.2) is 0 Å². The lowest BCUT2D eigenvalue weighted by atomic mass is 9.60. The number of halogens is 4. The number of benzene rings is 5. The second-order valence-corrected chi connectivity index (χ2v) is 10.1. The van der Waals surface area contributed by atoms with Crippen molar-refractivity contribution >= 4 is 67.9 Å². The third-order valence-corrected chi connectivity index (χ3v) is 8.90. The summed E-state index contributed by atoms with van der Waals surface area (Å²) >= 11 is 26.9. The van der Waals surface area contributed by atoms with E-state index in [1.165, 1.54) is 43.8 Å². The predicted molar refractivity (Wildman–Crippen MR) is 136 cm³/mol. The fourth-order valence-electron chi connectivity index (χ4n) is 5.74. The van der Waals surface area contributed by atoms with E-state index >= 15 is 0 Å². The fraction of sp³-hybridized carbons (Fsp3) is 0.0714. The Hall–Kier alpha value is -2.22. The van der Waals surface area contributed by atoms with Gasteiger partial charge in [-0.3, -0.25) is 0 Å². The van der Waals surface area contributed by atoms with Gasteiger partial charge in [0.05, 0.1) is 20.1 Å². The van der Waals surface area contributed by atoms with Crippen LogP contribution in [0.1, 0.15) is 45.2 Å². The molecule has 4 heteroatoms. The molecule has 0 heterocycles. The van der Waals surface area contributed by atoms with Gasteiger partial charge in [0.25, 0.3) is 0 Å². The average molecular weight is 492 g/mol. The summed E-state index contributed by atoms with van der Waals surface area (Å²) in [5.41, 5.74) is 7.03. The Bertz CT molecular complexity index is 1430. The summed E-state index contributed by atoms with van der Waals surface area (Å²) in [6.07, 6.45) is 0. The molecular formula is C28H14Cl4. The van der Waals surface area contributed by atoms with E-state index < -0.39 is 0 Å². The highest BCUT2D eigenvalue weighted by molar-refractivity contribution is 6.52.